The van der Waals surface area contributed by atoms with Crippen LogP contribution in [0.1, 0.15) is 6.92 Å². The van der Waals surface area contributed by atoms with Gasteiger partial charge in [-0.15, -0.1) is 0 Å². The maximum absolute atomic E-state index is 11.0. The van der Waals surface area contributed by atoms with E-state index in [-0.39, 0.29) is 11.7 Å². The van der Waals surface area contributed by atoms with Crippen LogP contribution in [0.3, 0.4) is 0 Å². The number of ether oxygens (including phenoxy) is 1. The molecule has 0 unspecified atom stereocenters. The summed E-state index contributed by atoms with van der Waals surface area (Å²) in [7, 11) is 0. The molecule has 1 fully saturated rings. The van der Waals surface area contributed by atoms with E-state index in [1.807, 2.05) is 6.92 Å². The van der Waals surface area contributed by atoms with Crippen molar-refractivity contribution in [2.45, 2.75) is 13.0 Å². The molecular weight excluding hydrogens is 222 g/mol. The molecule has 0 radical (unpaired) electrons. The summed E-state index contributed by atoms with van der Waals surface area (Å²) in [5.41, 5.74) is 0.604. The van der Waals surface area contributed by atoms with E-state index in [1.54, 1.807) is 12.1 Å². The van der Waals surface area contributed by atoms with Crippen molar-refractivity contribution in [1.82, 2.24) is 5.32 Å². The lowest BCUT2D eigenvalue weighted by molar-refractivity contribution is -0.384. The van der Waals surface area contributed by atoms with Crippen molar-refractivity contribution in [3.63, 3.8) is 0 Å². The summed E-state index contributed by atoms with van der Waals surface area (Å²) in [6, 6.07) is 5.16. The Hall–Kier alpha value is -1.82. The highest BCUT2D eigenvalue weighted by atomic mass is 16.6. The van der Waals surface area contributed by atoms with E-state index in [0.717, 1.165) is 13.1 Å². The van der Waals surface area contributed by atoms with Crippen molar-refractivity contribution in [2.75, 3.05) is 25.0 Å². The number of nitrogens with one attached hydrogen (secondary N) is 2. The zero-order valence-electron chi connectivity index (χ0n) is 9.60. The van der Waals surface area contributed by atoms with Crippen molar-refractivity contribution in [2.24, 2.45) is 0 Å². The Morgan fingerprint density at radius 3 is 2.88 bits per heavy atom. The van der Waals surface area contributed by atoms with Gasteiger partial charge >= 0.3 is 0 Å². The number of hydrogen-bond acceptors (Lipinski definition) is 5. The van der Waals surface area contributed by atoms with Gasteiger partial charge < -0.3 is 15.4 Å². The maximum atomic E-state index is 11.0. The predicted octanol–water partition coefficient (Wildman–Crippen LogP) is 1.38. The molecule has 0 spiro atoms. The molecule has 92 valence electrons. The van der Waals surface area contributed by atoms with Gasteiger partial charge in [-0.25, -0.2) is 0 Å². The van der Waals surface area contributed by atoms with Crippen LogP contribution >= 0.6 is 0 Å². The van der Waals surface area contributed by atoms with Crippen LogP contribution in [0, 0.1) is 10.1 Å². The Balaban J connectivity index is 2.20. The average molecular weight is 237 g/mol. The Bertz CT molecular complexity index is 418. The molecule has 1 aliphatic heterocycles. The molecule has 1 aliphatic rings. The van der Waals surface area contributed by atoms with Gasteiger partial charge in [0.25, 0.3) is 5.69 Å². The molecule has 1 saturated heterocycles. The summed E-state index contributed by atoms with van der Waals surface area (Å²) in [6.07, 6.45) is 0. The monoisotopic (exact) mass is 237 g/mol. The number of nitro benzene ring substituents is 1. The number of nitro groups is 1. The fourth-order valence-corrected chi connectivity index (χ4v) is 1.65. The number of nitrogens with zero attached hydrogens (tertiary/aromatic N) is 1. The van der Waals surface area contributed by atoms with Crippen LogP contribution in [0.2, 0.25) is 0 Å². The van der Waals surface area contributed by atoms with E-state index >= 15 is 0 Å². The molecule has 2 N–H and O–H groups in total. The number of rotatable bonds is 5. The van der Waals surface area contributed by atoms with Crippen LogP contribution < -0.4 is 15.4 Å². The van der Waals surface area contributed by atoms with E-state index in [4.69, 9.17) is 4.74 Å². The Kier molecular flexibility index (Phi) is 3.43. The summed E-state index contributed by atoms with van der Waals surface area (Å²) in [6.45, 7) is 4.02. The Morgan fingerprint density at radius 2 is 2.35 bits per heavy atom. The molecule has 0 saturated carbocycles. The zero-order valence-corrected chi connectivity index (χ0v) is 9.60. The van der Waals surface area contributed by atoms with Crippen molar-refractivity contribution < 1.29 is 9.66 Å². The smallest absolute Gasteiger partial charge is 0.296 e. The highest BCUT2D eigenvalue weighted by Gasteiger charge is 2.21. The van der Waals surface area contributed by atoms with Gasteiger partial charge in [-0.2, -0.15) is 0 Å². The topological polar surface area (TPSA) is 76.4 Å². The third-order valence-electron chi connectivity index (χ3n) is 2.62. The van der Waals surface area contributed by atoms with Crippen molar-refractivity contribution in [3.05, 3.63) is 28.3 Å². The number of hydrogen-bond donors (Lipinski definition) is 2. The molecule has 0 amide bonds. The summed E-state index contributed by atoms with van der Waals surface area (Å²) in [5.74, 6) is 0.525. The molecule has 0 aromatic heterocycles. The van der Waals surface area contributed by atoms with Crippen LogP contribution in [-0.2, 0) is 0 Å². The quantitative estimate of drug-likeness (QED) is 0.597. The second-order valence-electron chi connectivity index (χ2n) is 3.87. The third kappa shape index (κ3) is 2.65. The van der Waals surface area contributed by atoms with Crippen molar-refractivity contribution in [3.8, 4) is 5.75 Å². The Labute approximate surface area is 99.1 Å². The molecule has 6 nitrogen and oxygen atoms in total. The van der Waals surface area contributed by atoms with E-state index in [0.29, 0.717) is 18.0 Å². The summed E-state index contributed by atoms with van der Waals surface area (Å²) < 4.78 is 5.25. The van der Waals surface area contributed by atoms with Crippen LogP contribution in [0.15, 0.2) is 18.2 Å². The second kappa shape index (κ2) is 5.01. The van der Waals surface area contributed by atoms with Gasteiger partial charge in [0.05, 0.1) is 23.6 Å². The van der Waals surface area contributed by atoms with Crippen LogP contribution in [-0.4, -0.2) is 30.7 Å². The molecular formula is C11H15N3O3. The molecule has 6 heteroatoms. The molecule has 1 aromatic rings. The predicted molar refractivity (Wildman–Crippen MR) is 64.5 cm³/mol. The first-order chi connectivity index (χ1) is 8.20. The van der Waals surface area contributed by atoms with Crippen LogP contribution in [0.5, 0.6) is 5.75 Å². The fraction of sp³-hybridized carbons (Fsp3) is 0.455. The van der Waals surface area contributed by atoms with Crippen LogP contribution in [0.25, 0.3) is 0 Å². The average Bonchev–Trinajstić information content (AvgIpc) is 2.25. The van der Waals surface area contributed by atoms with E-state index in [1.165, 1.54) is 6.07 Å². The van der Waals surface area contributed by atoms with Gasteiger partial charge in [0, 0.05) is 13.1 Å². The van der Waals surface area contributed by atoms with Gasteiger partial charge in [-0.05, 0) is 19.1 Å². The first-order valence-electron chi connectivity index (χ1n) is 5.59. The van der Waals surface area contributed by atoms with Gasteiger partial charge in [0.15, 0.2) is 0 Å². The molecule has 1 heterocycles. The SMILES string of the molecule is CCOc1ccc(NC2CNC2)c([N+](=O)[O-])c1. The second-order valence-corrected chi connectivity index (χ2v) is 3.87. The van der Waals surface area contributed by atoms with Gasteiger partial charge in [-0.3, -0.25) is 10.1 Å². The molecule has 0 atom stereocenters. The Morgan fingerprint density at radius 1 is 1.59 bits per heavy atom. The minimum absolute atomic E-state index is 0.0582. The number of benzene rings is 1. The van der Waals surface area contributed by atoms with Crippen molar-refractivity contribution >= 4 is 11.4 Å². The largest absolute Gasteiger partial charge is 0.494 e. The standard InChI is InChI=1S/C11H15N3O3/c1-2-17-9-3-4-10(11(5-9)14(15)16)13-8-6-12-7-8/h3-5,8,12-13H,2,6-7H2,1H3. The summed E-state index contributed by atoms with van der Waals surface area (Å²) >= 11 is 0. The lowest BCUT2D eigenvalue weighted by Crippen LogP contribution is -2.51. The maximum Gasteiger partial charge on any atom is 0.296 e. The fourth-order valence-electron chi connectivity index (χ4n) is 1.65. The molecule has 1 aromatic carbocycles. The summed E-state index contributed by atoms with van der Waals surface area (Å²) in [4.78, 5) is 10.6. The molecule has 0 aliphatic carbocycles. The zero-order chi connectivity index (χ0) is 12.3. The first kappa shape index (κ1) is 11.7. The summed E-state index contributed by atoms with van der Waals surface area (Å²) in [5, 5.41) is 17.2. The van der Waals surface area contributed by atoms with Crippen molar-refractivity contribution in [1.29, 1.82) is 0 Å². The van der Waals surface area contributed by atoms with Crippen LogP contribution in [0.4, 0.5) is 11.4 Å². The van der Waals surface area contributed by atoms with Gasteiger partial charge in [-0.1, -0.05) is 0 Å². The lowest BCUT2D eigenvalue weighted by atomic mass is 10.1. The molecule has 2 rings (SSSR count). The minimum Gasteiger partial charge on any atom is -0.494 e. The van der Waals surface area contributed by atoms with Gasteiger partial charge in [0.2, 0.25) is 0 Å². The molecule has 17 heavy (non-hydrogen) atoms. The molecule has 0 bridgehead atoms. The number of anilines is 1. The lowest BCUT2D eigenvalue weighted by Gasteiger charge is -2.28. The highest BCUT2D eigenvalue weighted by molar-refractivity contribution is 5.64. The first-order valence-corrected chi connectivity index (χ1v) is 5.59. The highest BCUT2D eigenvalue weighted by Crippen LogP contribution is 2.29. The van der Waals surface area contributed by atoms with E-state index in [2.05, 4.69) is 10.6 Å². The normalized spacial score (nSPS) is 15.1. The van der Waals surface area contributed by atoms with E-state index in [9.17, 15) is 10.1 Å². The minimum atomic E-state index is -0.392. The third-order valence-corrected chi connectivity index (χ3v) is 2.62. The van der Waals surface area contributed by atoms with Gasteiger partial charge in [0.1, 0.15) is 11.4 Å². The van der Waals surface area contributed by atoms with E-state index < -0.39 is 4.92 Å².